The lowest BCUT2D eigenvalue weighted by molar-refractivity contribution is -0.0188. The highest BCUT2D eigenvalue weighted by Gasteiger charge is 2.37. The van der Waals surface area contributed by atoms with Gasteiger partial charge in [-0.3, -0.25) is 0 Å². The SMILES string of the molecule is O=C(O[C@@H]1Cc2c(O)cc(O)cc2O[C@@H]1c1cc(O)c(=O)oc(=O)c1)c1cc(O)c(O)c(O)c1. The smallest absolute Gasteiger partial charge is 0.381 e. The predicted molar refractivity (Wildman–Crippen MR) is 110 cm³/mol. The number of phenols is 5. The molecule has 3 aromatic rings. The lowest BCUT2D eigenvalue weighted by Gasteiger charge is -2.33. The Bertz CT molecular complexity index is 1400. The van der Waals surface area contributed by atoms with Crippen molar-refractivity contribution in [2.75, 3.05) is 0 Å². The average molecular weight is 472 g/mol. The third-order valence-corrected chi connectivity index (χ3v) is 5.05. The van der Waals surface area contributed by atoms with Gasteiger partial charge in [-0.15, -0.1) is 0 Å². The summed E-state index contributed by atoms with van der Waals surface area (Å²) in [6, 6.07) is 5.59. The van der Waals surface area contributed by atoms with Crippen LogP contribution in [0.25, 0.3) is 0 Å². The number of carbonyl (C=O) groups is 1. The Morgan fingerprint density at radius 2 is 1.53 bits per heavy atom. The van der Waals surface area contributed by atoms with Crippen molar-refractivity contribution in [2.24, 2.45) is 0 Å². The number of ether oxygens (including phenoxy) is 2. The summed E-state index contributed by atoms with van der Waals surface area (Å²) in [5.74, 6) is -5.19. The van der Waals surface area contributed by atoms with Gasteiger partial charge in [-0.25, -0.2) is 14.4 Å². The zero-order chi connectivity index (χ0) is 24.7. The fourth-order valence-corrected chi connectivity index (χ4v) is 3.49. The van der Waals surface area contributed by atoms with Gasteiger partial charge in [0.15, 0.2) is 23.4 Å². The van der Waals surface area contributed by atoms with E-state index in [2.05, 4.69) is 4.42 Å². The molecule has 0 saturated heterocycles. The van der Waals surface area contributed by atoms with Gasteiger partial charge in [-0.05, 0) is 18.2 Å². The first-order valence-electron chi connectivity index (χ1n) is 9.59. The number of hydrogen-bond acceptors (Lipinski definition) is 12. The summed E-state index contributed by atoms with van der Waals surface area (Å²) in [7, 11) is 0. The maximum Gasteiger partial charge on any atom is 0.381 e. The van der Waals surface area contributed by atoms with Crippen LogP contribution in [0.2, 0.25) is 0 Å². The molecular weight excluding hydrogens is 456 g/mol. The van der Waals surface area contributed by atoms with E-state index in [0.29, 0.717) is 0 Å². The van der Waals surface area contributed by atoms with Gasteiger partial charge < -0.3 is 44.5 Å². The molecule has 0 fully saturated rings. The van der Waals surface area contributed by atoms with Crippen molar-refractivity contribution in [3.63, 3.8) is 0 Å². The van der Waals surface area contributed by atoms with E-state index in [1.54, 1.807) is 0 Å². The molecule has 1 aromatic heterocycles. The molecule has 1 aliphatic rings. The third kappa shape index (κ3) is 4.11. The Kier molecular flexibility index (Phi) is 5.41. The average Bonchev–Trinajstić information content (AvgIpc) is 2.88. The molecule has 0 radical (unpaired) electrons. The van der Waals surface area contributed by atoms with Crippen LogP contribution in [0.1, 0.15) is 27.6 Å². The number of rotatable bonds is 3. The summed E-state index contributed by atoms with van der Waals surface area (Å²) < 4.78 is 15.6. The highest BCUT2D eigenvalue weighted by atomic mass is 16.6. The molecular formula is C22H16O12. The number of benzene rings is 2. The van der Waals surface area contributed by atoms with Gasteiger partial charge >= 0.3 is 17.2 Å². The second-order valence-electron chi connectivity index (χ2n) is 7.37. The Morgan fingerprint density at radius 3 is 2.21 bits per heavy atom. The fraction of sp³-hybridized carbons (Fsp3) is 0.136. The number of fused-ring (bicyclic) bond motifs is 1. The first-order valence-corrected chi connectivity index (χ1v) is 9.59. The summed E-state index contributed by atoms with van der Waals surface area (Å²) in [4.78, 5) is 36.3. The Morgan fingerprint density at radius 1 is 0.853 bits per heavy atom. The van der Waals surface area contributed by atoms with E-state index >= 15 is 0 Å². The first-order chi connectivity index (χ1) is 16.0. The molecule has 1 aliphatic heterocycles. The Labute approximate surface area is 188 Å². The number of phenolic OH excluding ortho intramolecular Hbond substituents is 5. The summed E-state index contributed by atoms with van der Waals surface area (Å²) in [5.41, 5.74) is -2.78. The van der Waals surface area contributed by atoms with Crippen LogP contribution in [0.4, 0.5) is 0 Å². The summed E-state index contributed by atoms with van der Waals surface area (Å²) in [6.45, 7) is 0. The van der Waals surface area contributed by atoms with Crippen molar-refractivity contribution in [2.45, 2.75) is 18.6 Å². The van der Waals surface area contributed by atoms with Crippen LogP contribution in [-0.4, -0.2) is 42.7 Å². The quantitative estimate of drug-likeness (QED) is 0.234. The molecule has 0 bridgehead atoms. The first kappa shape index (κ1) is 22.3. The van der Waals surface area contributed by atoms with Crippen molar-refractivity contribution < 1.29 is 49.3 Å². The summed E-state index contributed by atoms with van der Waals surface area (Å²) in [5, 5.41) is 58.7. The van der Waals surface area contributed by atoms with Crippen molar-refractivity contribution in [1.29, 1.82) is 0 Å². The summed E-state index contributed by atoms with van der Waals surface area (Å²) >= 11 is 0. The zero-order valence-corrected chi connectivity index (χ0v) is 17.0. The van der Waals surface area contributed by atoms with E-state index < -0.39 is 52.4 Å². The van der Waals surface area contributed by atoms with Crippen LogP contribution < -0.4 is 16.0 Å². The number of carbonyl (C=O) groups excluding carboxylic acids is 1. The molecule has 4 rings (SSSR count). The molecule has 0 spiro atoms. The molecule has 0 aliphatic carbocycles. The highest BCUT2D eigenvalue weighted by Crippen LogP contribution is 2.43. The topological polar surface area (TPSA) is 204 Å². The Hall–Kier alpha value is -4.87. The number of esters is 1. The van der Waals surface area contributed by atoms with Crippen molar-refractivity contribution in [3.05, 3.63) is 73.9 Å². The second-order valence-corrected chi connectivity index (χ2v) is 7.37. The van der Waals surface area contributed by atoms with Gasteiger partial charge in [0.05, 0.1) is 5.56 Å². The minimum Gasteiger partial charge on any atom is -0.508 e. The lowest BCUT2D eigenvalue weighted by atomic mass is 9.94. The van der Waals surface area contributed by atoms with Crippen LogP contribution in [0.5, 0.6) is 40.2 Å². The van der Waals surface area contributed by atoms with Gasteiger partial charge in [0.1, 0.15) is 23.4 Å². The van der Waals surface area contributed by atoms with E-state index in [1.165, 1.54) is 6.07 Å². The van der Waals surface area contributed by atoms with Crippen molar-refractivity contribution >= 4 is 5.97 Å². The van der Waals surface area contributed by atoms with Crippen molar-refractivity contribution in [1.82, 2.24) is 0 Å². The van der Waals surface area contributed by atoms with Gasteiger partial charge in [-0.2, -0.15) is 0 Å². The Balaban J connectivity index is 1.79. The largest absolute Gasteiger partial charge is 0.508 e. The molecule has 6 N–H and O–H groups in total. The molecule has 12 heteroatoms. The minimum atomic E-state index is -1.34. The predicted octanol–water partition coefficient (Wildman–Crippen LogP) is 1.14. The summed E-state index contributed by atoms with van der Waals surface area (Å²) in [6.07, 6.45) is -2.83. The number of aromatic hydroxyl groups is 6. The van der Waals surface area contributed by atoms with Gasteiger partial charge in [0, 0.05) is 35.7 Å². The minimum absolute atomic E-state index is 0.0209. The van der Waals surface area contributed by atoms with Crippen molar-refractivity contribution in [3.8, 4) is 40.2 Å². The standard InChI is InChI=1S/C22H16O12/c23-10-5-12(24)11-7-17(33-21(30)9-2-13(25)19(29)14(26)3-9)20(32-16(11)6-10)8-1-15(27)22(31)34-18(28)4-8/h1-6,17,20,23-27,29H,7H2/t17-,20-/m1/s1. The van der Waals surface area contributed by atoms with E-state index in [9.17, 15) is 45.0 Å². The third-order valence-electron chi connectivity index (χ3n) is 5.05. The molecule has 12 nitrogen and oxygen atoms in total. The monoisotopic (exact) mass is 472 g/mol. The maximum absolute atomic E-state index is 12.7. The molecule has 0 amide bonds. The number of hydrogen-bond donors (Lipinski definition) is 6. The van der Waals surface area contributed by atoms with Crippen LogP contribution in [0.15, 0.2) is 50.4 Å². The molecule has 0 saturated carbocycles. The normalized spacial score (nSPS) is 16.8. The van der Waals surface area contributed by atoms with E-state index in [1.807, 2.05) is 0 Å². The van der Waals surface area contributed by atoms with E-state index in [4.69, 9.17) is 9.47 Å². The van der Waals surface area contributed by atoms with Gasteiger partial charge in [0.2, 0.25) is 5.75 Å². The van der Waals surface area contributed by atoms with Crippen LogP contribution >= 0.6 is 0 Å². The second kappa shape index (κ2) is 8.24. The maximum atomic E-state index is 12.7. The fourth-order valence-electron chi connectivity index (χ4n) is 3.49. The molecule has 2 aromatic carbocycles. The van der Waals surface area contributed by atoms with E-state index in [-0.39, 0.29) is 40.4 Å². The van der Waals surface area contributed by atoms with Crippen LogP contribution in [0, 0.1) is 0 Å². The molecule has 0 unspecified atom stereocenters. The zero-order valence-electron chi connectivity index (χ0n) is 17.0. The molecule has 2 heterocycles. The van der Waals surface area contributed by atoms with Crippen LogP contribution in [-0.2, 0) is 11.2 Å². The molecule has 176 valence electrons. The van der Waals surface area contributed by atoms with E-state index in [0.717, 1.165) is 30.3 Å². The molecule has 34 heavy (non-hydrogen) atoms. The van der Waals surface area contributed by atoms with Gasteiger partial charge in [0.25, 0.3) is 0 Å². The lowest BCUT2D eigenvalue weighted by Crippen LogP contribution is -2.35. The highest BCUT2D eigenvalue weighted by molar-refractivity contribution is 5.91. The van der Waals surface area contributed by atoms with Gasteiger partial charge in [-0.1, -0.05) is 0 Å². The van der Waals surface area contributed by atoms with Crippen LogP contribution in [0.3, 0.4) is 0 Å². The molecule has 2 atom stereocenters.